The molecule has 110 valence electrons. The van der Waals surface area contributed by atoms with Crippen LogP contribution in [-0.2, 0) is 9.53 Å². The van der Waals surface area contributed by atoms with Gasteiger partial charge >= 0.3 is 5.97 Å². The average Bonchev–Trinajstić information content (AvgIpc) is 2.95. The Morgan fingerprint density at radius 1 is 1.23 bits per heavy atom. The van der Waals surface area contributed by atoms with Crippen LogP contribution in [0.15, 0.2) is 42.9 Å². The Labute approximate surface area is 129 Å². The number of carbonyl (C=O) groups is 2. The van der Waals surface area contributed by atoms with Crippen LogP contribution in [0.25, 0.3) is 10.2 Å². The first-order chi connectivity index (χ1) is 10.7. The van der Waals surface area contributed by atoms with E-state index in [1.165, 1.54) is 29.9 Å². The molecule has 0 spiro atoms. The van der Waals surface area contributed by atoms with Crippen molar-refractivity contribution in [3.8, 4) is 0 Å². The second kappa shape index (κ2) is 6.27. The first-order valence-corrected chi connectivity index (χ1v) is 7.12. The molecule has 0 fully saturated rings. The number of amides is 1. The number of benzene rings is 1. The molecule has 8 heteroatoms. The molecule has 0 bridgehead atoms. The maximum Gasteiger partial charge on any atom is 0.359 e. The standard InChI is InChI=1S/C14H10N4O3S/c19-12(8-21-13(20)10-7-15-5-6-16-10)18-14-17-9-3-1-2-4-11(9)22-14/h1-7H,8H2,(H,17,18,19). The van der Waals surface area contributed by atoms with Gasteiger partial charge in [-0.2, -0.15) is 0 Å². The van der Waals surface area contributed by atoms with Gasteiger partial charge < -0.3 is 4.74 Å². The molecule has 0 aliphatic carbocycles. The highest BCUT2D eigenvalue weighted by molar-refractivity contribution is 7.22. The van der Waals surface area contributed by atoms with Gasteiger partial charge in [0.05, 0.1) is 16.4 Å². The predicted molar refractivity (Wildman–Crippen MR) is 80.6 cm³/mol. The molecule has 0 saturated carbocycles. The number of hydrogen-bond acceptors (Lipinski definition) is 7. The number of esters is 1. The largest absolute Gasteiger partial charge is 0.451 e. The molecule has 2 aromatic heterocycles. The molecule has 1 amide bonds. The lowest BCUT2D eigenvalue weighted by atomic mass is 10.3. The number of hydrogen-bond donors (Lipinski definition) is 1. The Bertz CT molecular complexity index is 786. The molecule has 0 aliphatic rings. The molecular formula is C14H10N4O3S. The van der Waals surface area contributed by atoms with Crippen molar-refractivity contribution in [2.45, 2.75) is 0 Å². The highest BCUT2D eigenvalue weighted by Crippen LogP contribution is 2.25. The molecule has 1 aromatic carbocycles. The third kappa shape index (κ3) is 3.23. The minimum atomic E-state index is -0.701. The van der Waals surface area contributed by atoms with Crippen LogP contribution in [-0.4, -0.2) is 33.4 Å². The molecule has 7 nitrogen and oxygen atoms in total. The number of aromatic nitrogens is 3. The number of para-hydroxylation sites is 1. The number of anilines is 1. The van der Waals surface area contributed by atoms with Gasteiger partial charge in [-0.15, -0.1) is 0 Å². The van der Waals surface area contributed by atoms with E-state index in [9.17, 15) is 9.59 Å². The zero-order chi connectivity index (χ0) is 15.4. The van der Waals surface area contributed by atoms with Gasteiger partial charge in [0.25, 0.3) is 5.91 Å². The minimum absolute atomic E-state index is 0.0512. The summed E-state index contributed by atoms with van der Waals surface area (Å²) in [7, 11) is 0. The van der Waals surface area contributed by atoms with E-state index < -0.39 is 18.5 Å². The zero-order valence-corrected chi connectivity index (χ0v) is 12.0. The zero-order valence-electron chi connectivity index (χ0n) is 11.2. The van der Waals surface area contributed by atoms with Crippen molar-refractivity contribution in [2.75, 3.05) is 11.9 Å². The molecule has 0 unspecified atom stereocenters. The van der Waals surface area contributed by atoms with Gasteiger partial charge in [-0.25, -0.2) is 14.8 Å². The van der Waals surface area contributed by atoms with Crippen molar-refractivity contribution in [3.63, 3.8) is 0 Å². The van der Waals surface area contributed by atoms with Crippen LogP contribution >= 0.6 is 11.3 Å². The lowest BCUT2D eigenvalue weighted by Gasteiger charge is -2.03. The van der Waals surface area contributed by atoms with E-state index in [1.54, 1.807) is 0 Å². The van der Waals surface area contributed by atoms with Crippen LogP contribution in [0, 0.1) is 0 Å². The fourth-order valence-corrected chi connectivity index (χ4v) is 2.57. The van der Waals surface area contributed by atoms with E-state index in [4.69, 9.17) is 4.74 Å². The van der Waals surface area contributed by atoms with E-state index in [2.05, 4.69) is 20.3 Å². The van der Waals surface area contributed by atoms with Crippen LogP contribution in [0.2, 0.25) is 0 Å². The van der Waals surface area contributed by atoms with Crippen LogP contribution in [0.1, 0.15) is 10.5 Å². The van der Waals surface area contributed by atoms with Gasteiger partial charge in [-0.1, -0.05) is 23.5 Å². The van der Waals surface area contributed by atoms with Gasteiger partial charge in [-0.3, -0.25) is 15.1 Å². The summed E-state index contributed by atoms with van der Waals surface area (Å²) in [5.74, 6) is -1.16. The third-order valence-electron chi connectivity index (χ3n) is 2.65. The molecule has 3 aromatic rings. The smallest absolute Gasteiger partial charge is 0.359 e. The van der Waals surface area contributed by atoms with Crippen molar-refractivity contribution in [3.05, 3.63) is 48.5 Å². The molecule has 0 radical (unpaired) electrons. The molecule has 0 aliphatic heterocycles. The van der Waals surface area contributed by atoms with Crippen molar-refractivity contribution < 1.29 is 14.3 Å². The SMILES string of the molecule is O=C(COC(=O)c1cnccn1)Nc1nc2ccccc2s1. The maximum atomic E-state index is 11.8. The van der Waals surface area contributed by atoms with Crippen molar-refractivity contribution in [2.24, 2.45) is 0 Å². The van der Waals surface area contributed by atoms with Crippen molar-refractivity contribution in [1.29, 1.82) is 0 Å². The maximum absolute atomic E-state index is 11.8. The first-order valence-electron chi connectivity index (χ1n) is 6.31. The number of carbonyl (C=O) groups excluding carboxylic acids is 2. The van der Waals surface area contributed by atoms with E-state index in [0.717, 1.165) is 10.2 Å². The van der Waals surface area contributed by atoms with E-state index >= 15 is 0 Å². The van der Waals surface area contributed by atoms with Gasteiger partial charge in [0.2, 0.25) is 0 Å². The molecule has 2 heterocycles. The normalized spacial score (nSPS) is 10.4. The highest BCUT2D eigenvalue weighted by Gasteiger charge is 2.13. The summed E-state index contributed by atoms with van der Waals surface area (Å²) in [6.07, 6.45) is 4.09. The van der Waals surface area contributed by atoms with Gasteiger partial charge in [-0.05, 0) is 12.1 Å². The summed E-state index contributed by atoms with van der Waals surface area (Å²) in [4.78, 5) is 35.2. The summed E-state index contributed by atoms with van der Waals surface area (Å²) in [5.41, 5.74) is 0.856. The predicted octanol–water partition coefficient (Wildman–Crippen LogP) is 1.88. The third-order valence-corrected chi connectivity index (χ3v) is 3.60. The first kappa shape index (κ1) is 14.1. The van der Waals surface area contributed by atoms with E-state index in [1.807, 2.05) is 24.3 Å². The summed E-state index contributed by atoms with van der Waals surface area (Å²) in [5, 5.41) is 3.05. The van der Waals surface area contributed by atoms with Crippen molar-refractivity contribution >= 4 is 38.6 Å². The molecular weight excluding hydrogens is 304 g/mol. The number of nitrogens with one attached hydrogen (secondary N) is 1. The molecule has 0 atom stereocenters. The number of thiazole rings is 1. The number of nitrogens with zero attached hydrogens (tertiary/aromatic N) is 3. The van der Waals surface area contributed by atoms with Gasteiger partial charge in [0, 0.05) is 12.4 Å². The molecule has 3 rings (SSSR count). The van der Waals surface area contributed by atoms with E-state index in [-0.39, 0.29) is 5.69 Å². The Kier molecular flexibility index (Phi) is 4.01. The monoisotopic (exact) mass is 314 g/mol. The summed E-state index contributed by atoms with van der Waals surface area (Å²) in [6.45, 7) is -0.411. The fourth-order valence-electron chi connectivity index (χ4n) is 1.69. The molecule has 0 saturated heterocycles. The number of rotatable bonds is 4. The van der Waals surface area contributed by atoms with Crippen molar-refractivity contribution in [1.82, 2.24) is 15.0 Å². The summed E-state index contributed by atoms with van der Waals surface area (Å²) < 4.78 is 5.83. The summed E-state index contributed by atoms with van der Waals surface area (Å²) >= 11 is 1.35. The number of fused-ring (bicyclic) bond motifs is 1. The Morgan fingerprint density at radius 2 is 2.09 bits per heavy atom. The average molecular weight is 314 g/mol. The quantitative estimate of drug-likeness (QED) is 0.739. The number of ether oxygens (including phenoxy) is 1. The second-order valence-electron chi connectivity index (χ2n) is 4.20. The topological polar surface area (TPSA) is 94.1 Å². The van der Waals surface area contributed by atoms with E-state index in [0.29, 0.717) is 5.13 Å². The van der Waals surface area contributed by atoms with Crippen LogP contribution in [0.3, 0.4) is 0 Å². The van der Waals surface area contributed by atoms with Crippen LogP contribution in [0.4, 0.5) is 5.13 Å². The second-order valence-corrected chi connectivity index (χ2v) is 5.23. The van der Waals surface area contributed by atoms with Crippen LogP contribution < -0.4 is 5.32 Å². The Hall–Kier alpha value is -2.87. The Morgan fingerprint density at radius 3 is 2.86 bits per heavy atom. The molecule has 1 N–H and O–H groups in total. The fraction of sp³-hybridized carbons (Fsp3) is 0.0714. The molecule has 22 heavy (non-hydrogen) atoms. The Balaban J connectivity index is 1.57. The lowest BCUT2D eigenvalue weighted by molar-refractivity contribution is -0.119. The summed E-state index contributed by atoms with van der Waals surface area (Å²) in [6, 6.07) is 7.54. The lowest BCUT2D eigenvalue weighted by Crippen LogP contribution is -2.21. The highest BCUT2D eigenvalue weighted by atomic mass is 32.1. The van der Waals surface area contributed by atoms with Gasteiger partial charge in [0.15, 0.2) is 17.4 Å². The minimum Gasteiger partial charge on any atom is -0.451 e. The van der Waals surface area contributed by atoms with Gasteiger partial charge in [0.1, 0.15) is 0 Å². The van der Waals surface area contributed by atoms with Crippen LogP contribution in [0.5, 0.6) is 0 Å².